The lowest BCUT2D eigenvalue weighted by molar-refractivity contribution is 0.221. The number of hydrazone groups is 2. The molecule has 8 nitrogen and oxygen atoms in total. The Labute approximate surface area is 325 Å². The maximum Gasteiger partial charge on any atom is 0.301 e. The lowest BCUT2D eigenvalue weighted by atomic mass is 10.1. The number of hydrazine groups is 2. The summed E-state index contributed by atoms with van der Waals surface area (Å²) in [4.78, 5) is 0. The van der Waals surface area contributed by atoms with E-state index in [1.807, 2.05) is 30.3 Å². The molecule has 2 aliphatic heterocycles. The normalized spacial score (nSPS) is 15.9. The Morgan fingerprint density at radius 3 is 1.46 bits per heavy atom. The highest BCUT2D eigenvalue weighted by molar-refractivity contribution is 6.78. The fourth-order valence-electron chi connectivity index (χ4n) is 3.33. The average Bonchev–Trinajstić information content (AvgIpc) is 2.98. The summed E-state index contributed by atoms with van der Waals surface area (Å²) in [6.45, 7) is 0. The first-order valence-electron chi connectivity index (χ1n) is 12.2. The summed E-state index contributed by atoms with van der Waals surface area (Å²) in [6, 6.07) is 14.6. The number of hydrogen-bond donors (Lipinski definition) is 2. The van der Waals surface area contributed by atoms with Crippen LogP contribution in [0.5, 0.6) is 11.5 Å². The minimum atomic E-state index is -1.87. The van der Waals surface area contributed by atoms with Crippen molar-refractivity contribution in [1.29, 1.82) is 0 Å². The summed E-state index contributed by atoms with van der Waals surface area (Å²) < 4.78 is 2.94. The van der Waals surface area contributed by atoms with E-state index in [0.717, 1.165) is 27.1 Å². The van der Waals surface area contributed by atoms with E-state index in [4.69, 9.17) is 149 Å². The smallest absolute Gasteiger partial charge is 0.301 e. The first kappa shape index (κ1) is 39.7. The van der Waals surface area contributed by atoms with Gasteiger partial charge in [-0.05, 0) is 65.8 Å². The molecule has 0 amide bonds. The van der Waals surface area contributed by atoms with E-state index in [2.05, 4.69) is 21.1 Å². The zero-order chi connectivity index (χ0) is 34.5. The zero-order valence-electron chi connectivity index (χ0n) is 23.1. The van der Waals surface area contributed by atoms with E-state index < -0.39 is 15.4 Å². The zero-order valence-corrected chi connectivity index (χ0v) is 32.1. The molecule has 0 aromatic heterocycles. The highest BCUT2D eigenvalue weighted by atomic mass is 35.6. The molecule has 46 heavy (non-hydrogen) atoms. The van der Waals surface area contributed by atoms with Crippen LogP contribution in [-0.4, -0.2) is 51.3 Å². The van der Waals surface area contributed by atoms with E-state index in [-0.39, 0.29) is 11.4 Å². The molecule has 0 atom stereocenters. The number of ether oxygens (including phenoxy) is 2. The van der Waals surface area contributed by atoms with Crippen LogP contribution in [0.25, 0.3) is 11.8 Å². The van der Waals surface area contributed by atoms with Crippen LogP contribution in [0.2, 0.25) is 0 Å². The van der Waals surface area contributed by atoms with Gasteiger partial charge in [0, 0.05) is 0 Å². The van der Waals surface area contributed by atoms with Crippen molar-refractivity contribution in [1.82, 2.24) is 21.1 Å². The minimum absolute atomic E-state index is 0.104. The highest BCUT2D eigenvalue weighted by Gasteiger charge is 2.38. The van der Waals surface area contributed by atoms with Gasteiger partial charge in [0.25, 0.3) is 0 Å². The van der Waals surface area contributed by atoms with Gasteiger partial charge in [-0.25, -0.2) is 0 Å². The first-order chi connectivity index (χ1) is 21.2. The van der Waals surface area contributed by atoms with Gasteiger partial charge in [0.05, 0.1) is 25.6 Å². The maximum atomic E-state index is 5.88. The Morgan fingerprint density at radius 1 is 0.587 bits per heavy atom. The van der Waals surface area contributed by atoms with Crippen LogP contribution in [0.4, 0.5) is 0 Å². The molecule has 250 valence electrons. The lowest BCUT2D eigenvalue weighted by Crippen LogP contribution is -2.45. The molecule has 2 aromatic carbocycles. The predicted molar refractivity (Wildman–Crippen MR) is 197 cm³/mol. The van der Waals surface area contributed by atoms with Crippen LogP contribution >= 0.6 is 139 Å². The van der Waals surface area contributed by atoms with Crippen molar-refractivity contribution >= 4 is 162 Å². The average molecular weight is 874 g/mol. The topological polar surface area (TPSA) is 73.7 Å². The highest BCUT2D eigenvalue weighted by Crippen LogP contribution is 2.38. The number of hydrogen-bond acceptors (Lipinski definition) is 8. The molecular weight excluding hydrogens is 854 g/mol. The van der Waals surface area contributed by atoms with Gasteiger partial charge in [-0.2, -0.15) is 20.4 Å². The number of rotatable bonds is 5. The first-order valence-corrected chi connectivity index (χ1v) is 16.7. The quantitative estimate of drug-likeness (QED) is 0.230. The molecule has 0 radical (unpaired) electrons. The molecule has 0 fully saturated rings. The summed E-state index contributed by atoms with van der Waals surface area (Å²) in [5.74, 6) is 1.46. The molecule has 20 heteroatoms. The third-order valence-corrected chi connectivity index (χ3v) is 7.61. The van der Waals surface area contributed by atoms with E-state index in [1.165, 1.54) is 0 Å². The molecule has 0 saturated heterocycles. The van der Waals surface area contributed by atoms with Gasteiger partial charge in [-0.1, -0.05) is 157 Å². The summed E-state index contributed by atoms with van der Waals surface area (Å²) in [6.07, 6.45) is 6.66. The van der Waals surface area contributed by atoms with E-state index in [9.17, 15) is 0 Å². The third-order valence-electron chi connectivity index (χ3n) is 5.48. The second kappa shape index (κ2) is 16.3. The van der Waals surface area contributed by atoms with Crippen LogP contribution < -0.4 is 20.3 Å². The van der Waals surface area contributed by atoms with Crippen molar-refractivity contribution in [3.63, 3.8) is 0 Å². The van der Waals surface area contributed by atoms with E-state index in [0.29, 0.717) is 17.1 Å². The number of alkyl halides is 12. The Bertz CT molecular complexity index is 1500. The van der Waals surface area contributed by atoms with Gasteiger partial charge in [0.2, 0.25) is 7.59 Å². The van der Waals surface area contributed by atoms with Gasteiger partial charge in [-0.15, -0.1) is 0 Å². The number of allylic oxidation sites excluding steroid dienone is 3. The van der Waals surface area contributed by atoms with Crippen molar-refractivity contribution in [2.45, 2.75) is 15.4 Å². The van der Waals surface area contributed by atoms with Crippen LogP contribution in [0.15, 0.2) is 82.7 Å². The molecule has 0 spiro atoms. The third kappa shape index (κ3) is 12.0. The second-order valence-electron chi connectivity index (χ2n) is 8.74. The Balaban J connectivity index is 0.000000251. The number of halogens is 12. The van der Waals surface area contributed by atoms with Gasteiger partial charge < -0.3 is 9.47 Å². The van der Waals surface area contributed by atoms with Crippen LogP contribution in [0.1, 0.15) is 11.1 Å². The SMILES string of the molecule is COc1ccc(C2=CC(C(Cl)(Cl)Cl)=NN(C(Cl)(Cl)Cl)N2)cc1.COc1ccc(C=CC2=CC(C(Cl)(Cl)Cl)=NN(C(Cl)(Cl)Cl)N2)cc1. The summed E-state index contributed by atoms with van der Waals surface area (Å²) >= 11 is 70.3. The molecule has 0 bridgehead atoms. The van der Waals surface area contributed by atoms with Crippen molar-refractivity contribution in [2.75, 3.05) is 14.2 Å². The molecule has 2 heterocycles. The Morgan fingerprint density at radius 2 is 1.02 bits per heavy atom. The minimum Gasteiger partial charge on any atom is -0.497 e. The summed E-state index contributed by atoms with van der Waals surface area (Å²) in [7, 11) is 3.18. The van der Waals surface area contributed by atoms with Crippen molar-refractivity contribution in [3.05, 3.63) is 83.6 Å². The molecular formula is C26H20Cl12N6O2. The summed E-state index contributed by atoms with van der Waals surface area (Å²) in [5, 5.41) is 9.91. The second-order valence-corrected chi connectivity index (χ2v) is 17.7. The standard InChI is InChI=1S/C14H11Cl6N3O.C12H9Cl6N3O/c1-24-11-6-3-9(4-7-11)2-5-10-8-12(13(15,16)17)22-23(21-10)14(18,19)20;1-22-8-4-2-7(3-5-8)9-6-10(11(13,14)15)20-21(19-9)12(16,17)18/h2-8,21H,1H3;2-6,19H,1H3. The molecule has 4 rings (SSSR count). The molecule has 2 aromatic rings. The monoisotopic (exact) mass is 868 g/mol. The Kier molecular flexibility index (Phi) is 14.1. The van der Waals surface area contributed by atoms with Crippen LogP contribution in [0.3, 0.4) is 0 Å². The molecule has 2 N–H and O–H groups in total. The Hall–Kier alpha value is -0.720. The largest absolute Gasteiger partial charge is 0.497 e. The van der Waals surface area contributed by atoms with Crippen LogP contribution in [0, 0.1) is 0 Å². The summed E-state index contributed by atoms with van der Waals surface area (Å²) in [5.41, 5.74) is 8.63. The number of methoxy groups -OCH3 is 2. The molecule has 0 aliphatic carbocycles. The van der Waals surface area contributed by atoms with E-state index in [1.54, 1.807) is 56.7 Å². The van der Waals surface area contributed by atoms with E-state index >= 15 is 0 Å². The van der Waals surface area contributed by atoms with Crippen molar-refractivity contribution in [3.8, 4) is 11.5 Å². The van der Waals surface area contributed by atoms with Crippen molar-refractivity contribution < 1.29 is 9.47 Å². The van der Waals surface area contributed by atoms with Crippen molar-refractivity contribution in [2.24, 2.45) is 10.2 Å². The number of nitrogens with one attached hydrogen (secondary N) is 2. The fourth-order valence-corrected chi connectivity index (χ4v) is 4.36. The number of benzene rings is 2. The number of nitrogens with zero attached hydrogens (tertiary/aromatic N) is 4. The predicted octanol–water partition coefficient (Wildman–Crippen LogP) is 10.4. The van der Waals surface area contributed by atoms with Gasteiger partial charge in [0.1, 0.15) is 22.9 Å². The van der Waals surface area contributed by atoms with Gasteiger partial charge in [0.15, 0.2) is 0 Å². The molecule has 2 aliphatic rings. The van der Waals surface area contributed by atoms with Crippen LogP contribution in [-0.2, 0) is 0 Å². The molecule has 0 saturated carbocycles. The van der Waals surface area contributed by atoms with Gasteiger partial charge >= 0.3 is 7.83 Å². The maximum absolute atomic E-state index is 5.88. The fraction of sp³-hybridized carbons (Fsp3) is 0.231. The van der Waals surface area contributed by atoms with Gasteiger partial charge in [-0.3, -0.25) is 10.9 Å². The molecule has 0 unspecified atom stereocenters. The lowest BCUT2D eigenvalue weighted by Gasteiger charge is -2.33.